The highest BCUT2D eigenvalue weighted by Gasteiger charge is 2.38. The van der Waals surface area contributed by atoms with Crippen LogP contribution in [0.2, 0.25) is 0 Å². The molecule has 0 aliphatic rings. The summed E-state index contributed by atoms with van der Waals surface area (Å²) in [4.78, 5) is 3.10. The molecule has 2 rings (SSSR count). The average molecular weight is 246 g/mol. The van der Waals surface area contributed by atoms with Crippen molar-refractivity contribution in [2.24, 2.45) is 0 Å². The zero-order valence-corrected chi connectivity index (χ0v) is 8.55. The van der Waals surface area contributed by atoms with Crippen molar-refractivity contribution in [2.45, 2.75) is 13.1 Å². The van der Waals surface area contributed by atoms with Crippen LogP contribution in [-0.2, 0) is 6.18 Å². The van der Waals surface area contributed by atoms with E-state index < -0.39 is 23.7 Å². The fraction of sp³-hybridized carbons (Fsp3) is 0.200. The predicted octanol–water partition coefficient (Wildman–Crippen LogP) is 3.20. The molecule has 1 heterocycles. The molecule has 0 spiro atoms. The maximum absolute atomic E-state index is 13.4. The van der Waals surface area contributed by atoms with E-state index in [1.165, 1.54) is 12.1 Å². The van der Waals surface area contributed by atoms with E-state index in [1.807, 2.05) is 0 Å². The first-order valence-corrected chi connectivity index (χ1v) is 4.55. The number of benzene rings is 1. The van der Waals surface area contributed by atoms with Gasteiger partial charge in [-0.2, -0.15) is 18.2 Å². The van der Waals surface area contributed by atoms with Crippen LogP contribution in [0.4, 0.5) is 17.6 Å². The molecule has 0 atom stereocenters. The Hall–Kier alpha value is -1.92. The molecular weight excluding hydrogens is 240 g/mol. The zero-order valence-electron chi connectivity index (χ0n) is 8.55. The summed E-state index contributed by atoms with van der Waals surface area (Å²) < 4.78 is 54.0. The fourth-order valence-corrected chi connectivity index (χ4v) is 1.25. The van der Waals surface area contributed by atoms with Gasteiger partial charge in [-0.15, -0.1) is 0 Å². The van der Waals surface area contributed by atoms with Gasteiger partial charge in [-0.25, -0.2) is 4.39 Å². The molecule has 1 aromatic heterocycles. The molecule has 3 nitrogen and oxygen atoms in total. The van der Waals surface area contributed by atoms with Gasteiger partial charge < -0.3 is 4.52 Å². The maximum atomic E-state index is 13.4. The number of rotatable bonds is 1. The lowest BCUT2D eigenvalue weighted by Crippen LogP contribution is -2.04. The molecule has 0 saturated heterocycles. The van der Waals surface area contributed by atoms with E-state index in [0.29, 0.717) is 5.56 Å². The summed E-state index contributed by atoms with van der Waals surface area (Å²) in [7, 11) is 0. The summed E-state index contributed by atoms with van der Waals surface area (Å²) in [5.41, 5.74) is 0.514. The van der Waals surface area contributed by atoms with Gasteiger partial charge in [0, 0.05) is 0 Å². The van der Waals surface area contributed by atoms with Gasteiger partial charge in [-0.3, -0.25) is 0 Å². The maximum Gasteiger partial charge on any atom is 0.471 e. The van der Waals surface area contributed by atoms with Crippen molar-refractivity contribution in [1.29, 1.82) is 0 Å². The van der Waals surface area contributed by atoms with E-state index in [9.17, 15) is 17.6 Å². The predicted molar refractivity (Wildman–Crippen MR) is 49.4 cm³/mol. The Morgan fingerprint density at radius 1 is 1.24 bits per heavy atom. The monoisotopic (exact) mass is 246 g/mol. The third-order valence-electron chi connectivity index (χ3n) is 2.03. The molecule has 0 fully saturated rings. The molecule has 17 heavy (non-hydrogen) atoms. The molecule has 0 amide bonds. The Balaban J connectivity index is 2.44. The lowest BCUT2D eigenvalue weighted by atomic mass is 10.1. The van der Waals surface area contributed by atoms with Crippen molar-refractivity contribution >= 4 is 0 Å². The van der Waals surface area contributed by atoms with Crippen molar-refractivity contribution in [2.75, 3.05) is 0 Å². The first kappa shape index (κ1) is 11.6. The highest BCUT2D eigenvalue weighted by Crippen LogP contribution is 2.30. The lowest BCUT2D eigenvalue weighted by molar-refractivity contribution is -0.159. The lowest BCUT2D eigenvalue weighted by Gasteiger charge is -1.98. The number of hydrogen-bond donors (Lipinski definition) is 0. The minimum absolute atomic E-state index is 0.130. The van der Waals surface area contributed by atoms with E-state index in [0.717, 1.165) is 0 Å². The third-order valence-corrected chi connectivity index (χ3v) is 2.03. The second kappa shape index (κ2) is 3.83. The zero-order chi connectivity index (χ0) is 12.6. The average Bonchev–Trinajstić information content (AvgIpc) is 2.65. The van der Waals surface area contributed by atoms with Gasteiger partial charge in [0.2, 0.25) is 5.82 Å². The topological polar surface area (TPSA) is 38.9 Å². The number of halogens is 4. The van der Waals surface area contributed by atoms with E-state index in [-0.39, 0.29) is 5.56 Å². The molecule has 0 saturated carbocycles. The number of nitrogens with zero attached hydrogens (tertiary/aromatic N) is 2. The fourth-order valence-electron chi connectivity index (χ4n) is 1.25. The van der Waals surface area contributed by atoms with Crippen LogP contribution in [0.15, 0.2) is 22.7 Å². The summed E-state index contributed by atoms with van der Waals surface area (Å²) in [6.07, 6.45) is -4.73. The van der Waals surface area contributed by atoms with Crippen LogP contribution in [0.5, 0.6) is 0 Å². The van der Waals surface area contributed by atoms with Crippen LogP contribution in [0.25, 0.3) is 11.4 Å². The van der Waals surface area contributed by atoms with Crippen molar-refractivity contribution < 1.29 is 22.1 Å². The van der Waals surface area contributed by atoms with Gasteiger partial charge in [-0.05, 0) is 24.6 Å². The smallest absolute Gasteiger partial charge is 0.329 e. The van der Waals surface area contributed by atoms with Crippen molar-refractivity contribution in [3.8, 4) is 11.4 Å². The van der Waals surface area contributed by atoms with Crippen molar-refractivity contribution in [3.05, 3.63) is 35.5 Å². The van der Waals surface area contributed by atoms with Crippen LogP contribution < -0.4 is 0 Å². The van der Waals surface area contributed by atoms with E-state index in [4.69, 9.17) is 0 Å². The number of hydrogen-bond acceptors (Lipinski definition) is 3. The molecule has 0 radical (unpaired) electrons. The Morgan fingerprint density at radius 3 is 2.47 bits per heavy atom. The second-order valence-electron chi connectivity index (χ2n) is 3.40. The molecule has 2 aromatic rings. The molecule has 0 unspecified atom stereocenters. The molecular formula is C10H6F4N2O. The summed E-state index contributed by atoms with van der Waals surface area (Å²) in [6, 6.07) is 4.02. The molecule has 0 N–H and O–H groups in total. The van der Waals surface area contributed by atoms with E-state index >= 15 is 0 Å². The summed E-state index contributed by atoms with van der Waals surface area (Å²) >= 11 is 0. The quantitative estimate of drug-likeness (QED) is 0.725. The van der Waals surface area contributed by atoms with E-state index in [1.54, 1.807) is 13.0 Å². The molecule has 90 valence electrons. The van der Waals surface area contributed by atoms with E-state index in [2.05, 4.69) is 14.7 Å². The highest BCUT2D eigenvalue weighted by atomic mass is 19.4. The van der Waals surface area contributed by atoms with Crippen LogP contribution >= 0.6 is 0 Å². The minimum atomic E-state index is -4.73. The van der Waals surface area contributed by atoms with Crippen molar-refractivity contribution in [3.63, 3.8) is 0 Å². The summed E-state index contributed by atoms with van der Waals surface area (Å²) in [5.74, 6) is -2.61. The number of alkyl halides is 3. The number of aryl methyl sites for hydroxylation is 1. The SMILES string of the molecule is Cc1ccc(-c2noc(C(F)(F)F)n2)c(F)c1. The van der Waals surface area contributed by atoms with Crippen LogP contribution in [0, 0.1) is 12.7 Å². The van der Waals surface area contributed by atoms with Gasteiger partial charge in [0.25, 0.3) is 0 Å². The largest absolute Gasteiger partial charge is 0.471 e. The molecule has 0 aliphatic heterocycles. The minimum Gasteiger partial charge on any atom is -0.329 e. The second-order valence-corrected chi connectivity index (χ2v) is 3.40. The Bertz CT molecular complexity index is 547. The summed E-state index contributed by atoms with van der Waals surface area (Å²) in [6.45, 7) is 1.66. The third kappa shape index (κ3) is 2.27. The van der Waals surface area contributed by atoms with Gasteiger partial charge in [0.15, 0.2) is 0 Å². The van der Waals surface area contributed by atoms with Gasteiger partial charge >= 0.3 is 12.1 Å². The van der Waals surface area contributed by atoms with Crippen molar-refractivity contribution in [1.82, 2.24) is 10.1 Å². The normalized spacial score (nSPS) is 11.8. The van der Waals surface area contributed by atoms with Crippen LogP contribution in [-0.4, -0.2) is 10.1 Å². The Morgan fingerprint density at radius 2 is 1.94 bits per heavy atom. The highest BCUT2D eigenvalue weighted by molar-refractivity contribution is 5.55. The first-order chi connectivity index (χ1) is 7.88. The Kier molecular flexibility index (Phi) is 2.60. The van der Waals surface area contributed by atoms with Gasteiger partial charge in [0.05, 0.1) is 5.56 Å². The molecule has 0 bridgehead atoms. The Labute approximate surface area is 93.1 Å². The number of aromatic nitrogens is 2. The van der Waals surface area contributed by atoms with Gasteiger partial charge in [-0.1, -0.05) is 11.2 Å². The first-order valence-electron chi connectivity index (χ1n) is 4.55. The standard InChI is InChI=1S/C10H6F4N2O/c1-5-2-3-6(7(11)4-5)8-15-9(17-16-8)10(12,13)14/h2-4H,1H3. The molecule has 0 aliphatic carbocycles. The summed E-state index contributed by atoms with van der Waals surface area (Å²) in [5, 5.41) is 3.10. The van der Waals surface area contributed by atoms with Gasteiger partial charge in [0.1, 0.15) is 5.82 Å². The molecule has 1 aromatic carbocycles. The van der Waals surface area contributed by atoms with Crippen LogP contribution in [0.1, 0.15) is 11.5 Å². The van der Waals surface area contributed by atoms with Crippen LogP contribution in [0.3, 0.4) is 0 Å². The molecule has 7 heteroatoms.